The molecule has 2 aliphatic heterocycles. The van der Waals surface area contributed by atoms with Crippen molar-refractivity contribution in [3.05, 3.63) is 52.8 Å². The summed E-state index contributed by atoms with van der Waals surface area (Å²) in [5, 5.41) is 7.49. The molecule has 1 unspecified atom stereocenters. The highest BCUT2D eigenvalue weighted by Crippen LogP contribution is 2.35. The summed E-state index contributed by atoms with van der Waals surface area (Å²) in [5.74, 6) is -0.0392. The van der Waals surface area contributed by atoms with E-state index in [1.54, 1.807) is 6.20 Å². The third kappa shape index (κ3) is 2.86. The lowest BCUT2D eigenvalue weighted by atomic mass is 9.84. The lowest BCUT2D eigenvalue weighted by Gasteiger charge is -2.38. The molecule has 5 nitrogen and oxygen atoms in total. The van der Waals surface area contributed by atoms with E-state index in [1.807, 2.05) is 10.7 Å². The maximum atomic E-state index is 12.8. The summed E-state index contributed by atoms with van der Waals surface area (Å²) in [4.78, 5) is 12.8. The van der Waals surface area contributed by atoms with E-state index in [2.05, 4.69) is 35.5 Å². The van der Waals surface area contributed by atoms with Crippen LogP contribution in [-0.2, 0) is 29.7 Å². The van der Waals surface area contributed by atoms with Gasteiger partial charge in [0.1, 0.15) is 5.60 Å². The first-order chi connectivity index (χ1) is 12.2. The quantitative estimate of drug-likeness (QED) is 0.932. The van der Waals surface area contributed by atoms with E-state index in [-0.39, 0.29) is 5.91 Å². The van der Waals surface area contributed by atoms with Gasteiger partial charge in [-0.05, 0) is 43.2 Å². The van der Waals surface area contributed by atoms with Gasteiger partial charge in [0.05, 0.1) is 30.6 Å². The predicted octanol–water partition coefficient (Wildman–Crippen LogP) is 2.83. The van der Waals surface area contributed by atoms with Crippen LogP contribution in [0.4, 0.5) is 0 Å². The van der Waals surface area contributed by atoms with E-state index in [4.69, 9.17) is 4.74 Å². The SMILES string of the molecule is CCC1(CNC(=O)c2cnn3c2CCCC3)OCCc2ccccc21. The van der Waals surface area contributed by atoms with Crippen molar-refractivity contribution < 1.29 is 9.53 Å². The zero-order chi connectivity index (χ0) is 17.3. The van der Waals surface area contributed by atoms with E-state index in [9.17, 15) is 4.79 Å². The monoisotopic (exact) mass is 339 g/mol. The molecular formula is C20H25N3O2. The number of amides is 1. The number of benzene rings is 1. The van der Waals surface area contributed by atoms with Crippen molar-refractivity contribution in [1.82, 2.24) is 15.1 Å². The number of aromatic nitrogens is 2. The molecule has 0 saturated carbocycles. The average molecular weight is 339 g/mol. The van der Waals surface area contributed by atoms with Crippen LogP contribution in [0.3, 0.4) is 0 Å². The largest absolute Gasteiger partial charge is 0.368 e. The summed E-state index contributed by atoms with van der Waals surface area (Å²) in [5.41, 5.74) is 3.89. The number of ether oxygens (including phenoxy) is 1. The summed E-state index contributed by atoms with van der Waals surface area (Å²) in [7, 11) is 0. The van der Waals surface area contributed by atoms with Gasteiger partial charge >= 0.3 is 0 Å². The van der Waals surface area contributed by atoms with Gasteiger partial charge in [0.15, 0.2) is 0 Å². The maximum absolute atomic E-state index is 12.8. The fourth-order valence-electron chi connectivity index (χ4n) is 4.11. The van der Waals surface area contributed by atoms with Crippen molar-refractivity contribution >= 4 is 5.91 Å². The van der Waals surface area contributed by atoms with Crippen molar-refractivity contribution in [2.75, 3.05) is 13.2 Å². The molecule has 0 spiro atoms. The molecule has 4 rings (SSSR count). The summed E-state index contributed by atoms with van der Waals surface area (Å²) in [6.45, 7) is 4.22. The van der Waals surface area contributed by atoms with Crippen molar-refractivity contribution in [2.45, 2.75) is 51.2 Å². The minimum absolute atomic E-state index is 0.0392. The Kier molecular flexibility index (Phi) is 4.34. The van der Waals surface area contributed by atoms with Crippen molar-refractivity contribution in [1.29, 1.82) is 0 Å². The van der Waals surface area contributed by atoms with Crippen molar-refractivity contribution in [2.24, 2.45) is 0 Å². The number of rotatable bonds is 4. The fourth-order valence-corrected chi connectivity index (χ4v) is 4.11. The molecule has 1 aromatic heterocycles. The molecule has 1 N–H and O–H groups in total. The number of carbonyl (C=O) groups excluding carboxylic acids is 1. The molecule has 132 valence electrons. The van der Waals surface area contributed by atoms with Crippen molar-refractivity contribution in [3.8, 4) is 0 Å². The van der Waals surface area contributed by atoms with E-state index >= 15 is 0 Å². The number of hydrogen-bond acceptors (Lipinski definition) is 3. The second-order valence-electron chi connectivity index (χ2n) is 6.97. The summed E-state index contributed by atoms with van der Waals surface area (Å²) in [6, 6.07) is 8.42. The van der Waals surface area contributed by atoms with Gasteiger partial charge in [0, 0.05) is 6.54 Å². The third-order valence-electron chi connectivity index (χ3n) is 5.59. The molecule has 3 heterocycles. The standard InChI is InChI=1S/C20H25N3O2/c1-2-20(17-8-4-3-7-15(17)10-12-25-20)14-21-19(24)16-13-22-23-11-6-5-9-18(16)23/h3-4,7-8,13H,2,5-6,9-12,14H2,1H3,(H,21,24). The van der Waals surface area contributed by atoms with E-state index in [1.165, 1.54) is 11.1 Å². The number of fused-ring (bicyclic) bond motifs is 2. The normalized spacial score (nSPS) is 22.1. The molecule has 2 aromatic rings. The Bertz CT molecular complexity index is 783. The number of aryl methyl sites for hydroxylation is 1. The van der Waals surface area contributed by atoms with Gasteiger partial charge in [-0.3, -0.25) is 9.48 Å². The zero-order valence-corrected chi connectivity index (χ0v) is 14.8. The Morgan fingerprint density at radius 2 is 2.20 bits per heavy atom. The first-order valence-electron chi connectivity index (χ1n) is 9.29. The second kappa shape index (κ2) is 6.64. The van der Waals surface area contributed by atoms with Crippen LogP contribution in [0.25, 0.3) is 0 Å². The number of carbonyl (C=O) groups is 1. The zero-order valence-electron chi connectivity index (χ0n) is 14.8. The first kappa shape index (κ1) is 16.3. The van der Waals surface area contributed by atoms with Gasteiger partial charge in [-0.25, -0.2) is 0 Å². The summed E-state index contributed by atoms with van der Waals surface area (Å²) < 4.78 is 8.16. The molecule has 5 heteroatoms. The molecule has 1 aromatic carbocycles. The van der Waals surface area contributed by atoms with E-state index in [0.717, 1.165) is 49.9 Å². The molecule has 1 amide bonds. The molecule has 0 radical (unpaired) electrons. The van der Waals surface area contributed by atoms with Crippen LogP contribution in [-0.4, -0.2) is 28.8 Å². The maximum Gasteiger partial charge on any atom is 0.254 e. The average Bonchev–Trinajstić information content (AvgIpc) is 3.10. The number of nitrogens with zero attached hydrogens (tertiary/aromatic N) is 2. The molecule has 1 atom stereocenters. The summed E-state index contributed by atoms with van der Waals surface area (Å²) >= 11 is 0. The second-order valence-corrected chi connectivity index (χ2v) is 6.97. The minimum Gasteiger partial charge on any atom is -0.368 e. The Hall–Kier alpha value is -2.14. The van der Waals surface area contributed by atoms with Gasteiger partial charge in [0.2, 0.25) is 0 Å². The molecule has 25 heavy (non-hydrogen) atoms. The third-order valence-corrected chi connectivity index (χ3v) is 5.59. The van der Waals surface area contributed by atoms with Crippen LogP contribution in [0.2, 0.25) is 0 Å². The van der Waals surface area contributed by atoms with Gasteiger partial charge in [-0.1, -0.05) is 31.2 Å². The van der Waals surface area contributed by atoms with Gasteiger partial charge in [-0.2, -0.15) is 5.10 Å². The number of nitrogens with one attached hydrogen (secondary N) is 1. The Morgan fingerprint density at radius 3 is 3.08 bits per heavy atom. The van der Waals surface area contributed by atoms with Crippen LogP contribution in [0, 0.1) is 0 Å². The van der Waals surface area contributed by atoms with Gasteiger partial charge in [-0.15, -0.1) is 0 Å². The molecule has 0 bridgehead atoms. The van der Waals surface area contributed by atoms with Crippen LogP contribution >= 0.6 is 0 Å². The molecule has 2 aliphatic rings. The lowest BCUT2D eigenvalue weighted by Crippen LogP contribution is -2.45. The van der Waals surface area contributed by atoms with E-state index < -0.39 is 5.60 Å². The lowest BCUT2D eigenvalue weighted by molar-refractivity contribution is -0.0606. The highest BCUT2D eigenvalue weighted by molar-refractivity contribution is 5.95. The van der Waals surface area contributed by atoms with Crippen LogP contribution in [0.1, 0.15) is 53.4 Å². The van der Waals surface area contributed by atoms with Crippen molar-refractivity contribution in [3.63, 3.8) is 0 Å². The molecule has 0 saturated heterocycles. The highest BCUT2D eigenvalue weighted by Gasteiger charge is 2.36. The van der Waals surface area contributed by atoms with Gasteiger partial charge < -0.3 is 10.1 Å². The topological polar surface area (TPSA) is 56.2 Å². The Labute approximate surface area is 148 Å². The Balaban J connectivity index is 1.54. The minimum atomic E-state index is -0.433. The molecule has 0 fully saturated rings. The molecular weight excluding hydrogens is 314 g/mol. The van der Waals surface area contributed by atoms with Crippen LogP contribution in [0.5, 0.6) is 0 Å². The smallest absolute Gasteiger partial charge is 0.254 e. The fraction of sp³-hybridized carbons (Fsp3) is 0.500. The van der Waals surface area contributed by atoms with Crippen LogP contribution in [0.15, 0.2) is 30.5 Å². The number of hydrogen-bond donors (Lipinski definition) is 1. The van der Waals surface area contributed by atoms with Gasteiger partial charge in [0.25, 0.3) is 5.91 Å². The Morgan fingerprint density at radius 1 is 1.32 bits per heavy atom. The van der Waals surface area contributed by atoms with Crippen LogP contribution < -0.4 is 5.32 Å². The predicted molar refractivity (Wildman–Crippen MR) is 95.6 cm³/mol. The van der Waals surface area contributed by atoms with E-state index in [0.29, 0.717) is 13.2 Å². The molecule has 0 aliphatic carbocycles. The first-order valence-corrected chi connectivity index (χ1v) is 9.29. The highest BCUT2D eigenvalue weighted by atomic mass is 16.5. The summed E-state index contributed by atoms with van der Waals surface area (Å²) in [6.07, 6.45) is 6.67.